The summed E-state index contributed by atoms with van der Waals surface area (Å²) in [4.78, 5) is 2.15. The van der Waals surface area contributed by atoms with Crippen LogP contribution in [0, 0.1) is 0 Å². The van der Waals surface area contributed by atoms with Crippen LogP contribution in [0.3, 0.4) is 0 Å². The van der Waals surface area contributed by atoms with Gasteiger partial charge in [-0.15, -0.1) is 24.8 Å². The van der Waals surface area contributed by atoms with Gasteiger partial charge in [-0.25, -0.2) is 0 Å². The van der Waals surface area contributed by atoms with E-state index in [0.717, 1.165) is 26.2 Å². The molecule has 1 atom stereocenters. The summed E-state index contributed by atoms with van der Waals surface area (Å²) in [6.45, 7) is 3.88. The largest absolute Gasteiger partial charge is 0.374 e. The topological polar surface area (TPSA) is 24.5 Å². The van der Waals surface area contributed by atoms with Gasteiger partial charge in [0.25, 0.3) is 0 Å². The minimum absolute atomic E-state index is 0. The van der Waals surface area contributed by atoms with E-state index in [4.69, 9.17) is 4.74 Å². The summed E-state index contributed by atoms with van der Waals surface area (Å²) in [5.41, 5.74) is 0. The Balaban J connectivity index is 0. The quantitative estimate of drug-likeness (QED) is 0.723. The van der Waals surface area contributed by atoms with Gasteiger partial charge in [-0.2, -0.15) is 0 Å². The lowest BCUT2D eigenvalue weighted by Crippen LogP contribution is -2.43. The van der Waals surface area contributed by atoms with Gasteiger partial charge < -0.3 is 15.0 Å². The molecule has 0 aliphatic carbocycles. The van der Waals surface area contributed by atoms with Crippen LogP contribution in [0.1, 0.15) is 0 Å². The zero-order valence-corrected chi connectivity index (χ0v) is 9.21. The van der Waals surface area contributed by atoms with Crippen molar-refractivity contribution in [1.82, 2.24) is 10.2 Å². The van der Waals surface area contributed by atoms with E-state index in [1.165, 1.54) is 0 Å². The number of hydrogen-bond acceptors (Lipinski definition) is 3. The molecule has 0 aromatic heterocycles. The Hall–Kier alpha value is 0.460. The fourth-order valence-electron chi connectivity index (χ4n) is 1.14. The highest BCUT2D eigenvalue weighted by Gasteiger charge is 2.12. The van der Waals surface area contributed by atoms with Gasteiger partial charge in [-0.3, -0.25) is 0 Å². The summed E-state index contributed by atoms with van der Waals surface area (Å²) >= 11 is 0. The molecular formula is C7H18Cl2N2O. The molecule has 0 radical (unpaired) electrons. The molecule has 1 saturated heterocycles. The van der Waals surface area contributed by atoms with E-state index < -0.39 is 0 Å². The summed E-state index contributed by atoms with van der Waals surface area (Å²) in [6, 6.07) is 0. The number of nitrogens with one attached hydrogen (secondary N) is 1. The van der Waals surface area contributed by atoms with Gasteiger partial charge in [0.05, 0.1) is 12.7 Å². The molecule has 1 heterocycles. The van der Waals surface area contributed by atoms with E-state index >= 15 is 0 Å². The normalized spacial score (nSPS) is 22.8. The zero-order valence-electron chi connectivity index (χ0n) is 7.58. The fraction of sp³-hybridized carbons (Fsp3) is 1.00. The molecule has 1 aliphatic rings. The number of ether oxygens (including phenoxy) is 1. The molecule has 0 amide bonds. The smallest absolute Gasteiger partial charge is 0.0826 e. The molecular weight excluding hydrogens is 199 g/mol. The van der Waals surface area contributed by atoms with E-state index in [-0.39, 0.29) is 24.8 Å². The molecule has 0 bridgehead atoms. The van der Waals surface area contributed by atoms with Crippen molar-refractivity contribution in [3.63, 3.8) is 0 Å². The predicted octanol–water partition coefficient (Wildman–Crippen LogP) is 0.380. The second-order valence-corrected chi connectivity index (χ2v) is 2.96. The molecule has 0 saturated carbocycles. The standard InChI is InChI=1S/C7H16N2O.2ClH/c1-9(2)6-7-5-8-3-4-10-7;;/h7-8H,3-6H2,1-2H3;2*1H/t7-;;/m1../s1. The summed E-state index contributed by atoms with van der Waals surface area (Å²) < 4.78 is 5.48. The molecule has 76 valence electrons. The highest BCUT2D eigenvalue weighted by atomic mass is 35.5. The van der Waals surface area contributed by atoms with Crippen molar-refractivity contribution in [2.24, 2.45) is 0 Å². The van der Waals surface area contributed by atoms with Crippen molar-refractivity contribution in [2.75, 3.05) is 40.3 Å². The molecule has 1 N–H and O–H groups in total. The molecule has 0 spiro atoms. The number of halogens is 2. The van der Waals surface area contributed by atoms with E-state index in [9.17, 15) is 0 Å². The van der Waals surface area contributed by atoms with Crippen LogP contribution in [-0.4, -0.2) is 51.3 Å². The van der Waals surface area contributed by atoms with Crippen molar-refractivity contribution < 1.29 is 4.74 Å². The summed E-state index contributed by atoms with van der Waals surface area (Å²) in [6.07, 6.45) is 0.392. The van der Waals surface area contributed by atoms with Crippen LogP contribution in [0.2, 0.25) is 0 Å². The third kappa shape index (κ3) is 6.03. The molecule has 0 aromatic carbocycles. The highest BCUT2D eigenvalue weighted by molar-refractivity contribution is 5.85. The van der Waals surface area contributed by atoms with E-state index in [2.05, 4.69) is 24.3 Å². The third-order valence-electron chi connectivity index (χ3n) is 1.57. The van der Waals surface area contributed by atoms with Gasteiger partial charge in [0.1, 0.15) is 0 Å². The average molecular weight is 217 g/mol. The highest BCUT2D eigenvalue weighted by Crippen LogP contribution is 1.96. The number of rotatable bonds is 2. The lowest BCUT2D eigenvalue weighted by Gasteiger charge is -2.25. The Labute approximate surface area is 86.7 Å². The van der Waals surface area contributed by atoms with Crippen LogP contribution in [-0.2, 0) is 4.74 Å². The number of nitrogens with zero attached hydrogens (tertiary/aromatic N) is 1. The lowest BCUT2D eigenvalue weighted by molar-refractivity contribution is 0.0139. The van der Waals surface area contributed by atoms with Crippen molar-refractivity contribution in [2.45, 2.75) is 6.10 Å². The van der Waals surface area contributed by atoms with Crippen LogP contribution in [0.5, 0.6) is 0 Å². The molecule has 3 nitrogen and oxygen atoms in total. The Kier molecular flexibility index (Phi) is 10.1. The number of hydrogen-bond donors (Lipinski definition) is 1. The predicted molar refractivity (Wildman–Crippen MR) is 55.7 cm³/mol. The van der Waals surface area contributed by atoms with Crippen LogP contribution in [0.15, 0.2) is 0 Å². The van der Waals surface area contributed by atoms with Crippen molar-refractivity contribution in [3.05, 3.63) is 0 Å². The summed E-state index contributed by atoms with van der Waals surface area (Å²) in [5, 5.41) is 3.29. The Morgan fingerprint density at radius 2 is 2.08 bits per heavy atom. The van der Waals surface area contributed by atoms with Gasteiger partial charge >= 0.3 is 0 Å². The maximum absolute atomic E-state index is 5.48. The van der Waals surface area contributed by atoms with Gasteiger partial charge in [0, 0.05) is 19.6 Å². The van der Waals surface area contributed by atoms with Gasteiger partial charge in [0.2, 0.25) is 0 Å². The Bertz CT molecular complexity index is 97.4. The van der Waals surface area contributed by atoms with Crippen LogP contribution >= 0.6 is 24.8 Å². The van der Waals surface area contributed by atoms with E-state index in [1.807, 2.05) is 0 Å². The summed E-state index contributed by atoms with van der Waals surface area (Å²) in [5.74, 6) is 0. The maximum atomic E-state index is 5.48. The van der Waals surface area contributed by atoms with Gasteiger partial charge in [-0.1, -0.05) is 0 Å². The summed E-state index contributed by atoms with van der Waals surface area (Å²) in [7, 11) is 4.13. The molecule has 5 heteroatoms. The molecule has 0 unspecified atom stereocenters. The van der Waals surface area contributed by atoms with Gasteiger partial charge in [0.15, 0.2) is 0 Å². The minimum atomic E-state index is 0. The number of morpholine rings is 1. The van der Waals surface area contributed by atoms with Crippen LogP contribution in [0.25, 0.3) is 0 Å². The second-order valence-electron chi connectivity index (χ2n) is 2.96. The molecule has 1 aliphatic heterocycles. The first-order valence-corrected chi connectivity index (χ1v) is 3.76. The van der Waals surface area contributed by atoms with Crippen molar-refractivity contribution >= 4 is 24.8 Å². The van der Waals surface area contributed by atoms with Crippen molar-refractivity contribution in [3.8, 4) is 0 Å². The molecule has 12 heavy (non-hydrogen) atoms. The van der Waals surface area contributed by atoms with E-state index in [0.29, 0.717) is 6.10 Å². The van der Waals surface area contributed by atoms with Crippen LogP contribution in [0.4, 0.5) is 0 Å². The first kappa shape index (κ1) is 15.0. The third-order valence-corrected chi connectivity index (χ3v) is 1.57. The van der Waals surface area contributed by atoms with E-state index in [1.54, 1.807) is 0 Å². The monoisotopic (exact) mass is 216 g/mol. The minimum Gasteiger partial charge on any atom is -0.374 e. The van der Waals surface area contributed by atoms with Crippen molar-refractivity contribution in [1.29, 1.82) is 0 Å². The SMILES string of the molecule is CN(C)C[C@H]1CNCCO1.Cl.Cl. The Morgan fingerprint density at radius 3 is 2.50 bits per heavy atom. The molecule has 0 aromatic rings. The number of likely N-dealkylation sites (N-methyl/N-ethyl adjacent to an activating group) is 1. The first-order chi connectivity index (χ1) is 4.79. The fourth-order valence-corrected chi connectivity index (χ4v) is 1.14. The first-order valence-electron chi connectivity index (χ1n) is 3.76. The average Bonchev–Trinajstić information content (AvgIpc) is 1.88. The van der Waals surface area contributed by atoms with Crippen LogP contribution < -0.4 is 5.32 Å². The zero-order chi connectivity index (χ0) is 7.40. The lowest BCUT2D eigenvalue weighted by atomic mass is 10.3. The Morgan fingerprint density at radius 1 is 1.42 bits per heavy atom. The maximum Gasteiger partial charge on any atom is 0.0826 e. The van der Waals surface area contributed by atoms with Gasteiger partial charge in [-0.05, 0) is 14.1 Å². The second kappa shape index (κ2) is 8.08. The molecule has 1 rings (SSSR count). The molecule has 1 fully saturated rings.